The van der Waals surface area contributed by atoms with E-state index in [1.807, 2.05) is 18.3 Å². The number of hydrogen-bond acceptors (Lipinski definition) is 3. The fraction of sp³-hybridized carbons (Fsp3) is 0.536. The van der Waals surface area contributed by atoms with Crippen LogP contribution in [0.4, 0.5) is 0 Å². The van der Waals surface area contributed by atoms with Gasteiger partial charge in [0.05, 0.1) is 18.5 Å². The molecule has 31 heavy (non-hydrogen) atoms. The Hall–Kier alpha value is -2.13. The van der Waals surface area contributed by atoms with Crippen LogP contribution in [0.15, 0.2) is 54.7 Å². The summed E-state index contributed by atoms with van der Waals surface area (Å²) in [5.74, 6) is 0.836. The van der Waals surface area contributed by atoms with Gasteiger partial charge in [-0.05, 0) is 62.6 Å². The summed E-state index contributed by atoms with van der Waals surface area (Å²) in [4.78, 5) is 4.58. The lowest BCUT2D eigenvalue weighted by atomic mass is 10.0. The Labute approximate surface area is 189 Å². The number of rotatable bonds is 17. The maximum absolute atomic E-state index is 5.81. The minimum atomic E-state index is 0.699. The molecule has 0 aliphatic carbocycles. The van der Waals surface area contributed by atoms with E-state index in [1.54, 1.807) is 0 Å². The third-order valence-electron chi connectivity index (χ3n) is 5.28. The van der Waals surface area contributed by atoms with E-state index in [4.69, 9.17) is 9.47 Å². The van der Waals surface area contributed by atoms with Gasteiger partial charge in [-0.15, -0.1) is 0 Å². The number of benzene rings is 1. The largest absolute Gasteiger partial charge is 0.492 e. The van der Waals surface area contributed by atoms with Crippen LogP contribution in [-0.2, 0) is 11.2 Å². The first kappa shape index (κ1) is 25.1. The molecule has 0 spiro atoms. The first-order chi connectivity index (χ1) is 15.3. The van der Waals surface area contributed by atoms with Crippen LogP contribution >= 0.6 is 0 Å². The molecule has 0 N–H and O–H groups in total. The molecule has 0 saturated heterocycles. The van der Waals surface area contributed by atoms with E-state index >= 15 is 0 Å². The zero-order valence-electron chi connectivity index (χ0n) is 19.7. The Morgan fingerprint density at radius 2 is 1.58 bits per heavy atom. The molecule has 1 aromatic heterocycles. The van der Waals surface area contributed by atoms with E-state index in [-0.39, 0.29) is 0 Å². The van der Waals surface area contributed by atoms with Crippen molar-refractivity contribution in [2.45, 2.75) is 78.1 Å². The third-order valence-corrected chi connectivity index (χ3v) is 5.28. The monoisotopic (exact) mass is 423 g/mol. The van der Waals surface area contributed by atoms with E-state index < -0.39 is 0 Å². The van der Waals surface area contributed by atoms with Crippen molar-refractivity contribution < 1.29 is 9.47 Å². The second-order valence-corrected chi connectivity index (χ2v) is 8.10. The van der Waals surface area contributed by atoms with Crippen molar-refractivity contribution in [3.05, 3.63) is 60.3 Å². The van der Waals surface area contributed by atoms with Crippen LogP contribution in [0.5, 0.6) is 5.75 Å². The second-order valence-electron chi connectivity index (χ2n) is 8.10. The summed E-state index contributed by atoms with van der Waals surface area (Å²) in [5, 5.41) is 0. The summed E-state index contributed by atoms with van der Waals surface area (Å²) in [7, 11) is 0. The van der Waals surface area contributed by atoms with Crippen LogP contribution in [0.1, 0.15) is 77.2 Å². The van der Waals surface area contributed by atoms with Crippen LogP contribution in [0.2, 0.25) is 0 Å². The molecule has 2 aromatic rings. The van der Waals surface area contributed by atoms with Crippen molar-refractivity contribution in [3.8, 4) is 17.0 Å². The Morgan fingerprint density at radius 1 is 0.742 bits per heavy atom. The first-order valence-corrected chi connectivity index (χ1v) is 12.2. The van der Waals surface area contributed by atoms with Gasteiger partial charge in [-0.3, -0.25) is 4.98 Å². The number of nitrogens with zero attached hydrogens (tertiary/aromatic N) is 1. The molecule has 0 aliphatic rings. The van der Waals surface area contributed by atoms with E-state index in [9.17, 15) is 0 Å². The lowest BCUT2D eigenvalue weighted by molar-refractivity contribution is 0.130. The van der Waals surface area contributed by atoms with E-state index in [0.29, 0.717) is 6.61 Å². The van der Waals surface area contributed by atoms with Crippen LogP contribution in [-0.4, -0.2) is 24.8 Å². The lowest BCUT2D eigenvalue weighted by Gasteiger charge is -2.07. The molecule has 0 amide bonds. The topological polar surface area (TPSA) is 31.4 Å². The smallest absolute Gasteiger partial charge is 0.137 e. The molecule has 0 saturated carbocycles. The highest BCUT2D eigenvalue weighted by Crippen LogP contribution is 2.21. The Kier molecular flexibility index (Phi) is 13.4. The normalized spacial score (nSPS) is 11.3. The maximum atomic E-state index is 5.81. The molecule has 0 unspecified atom stereocenters. The number of ether oxygens (including phenoxy) is 2. The molecule has 0 radical (unpaired) electrons. The highest BCUT2D eigenvalue weighted by Gasteiger charge is 2.02. The van der Waals surface area contributed by atoms with E-state index in [0.717, 1.165) is 55.9 Å². The molecule has 0 fully saturated rings. The average molecular weight is 424 g/mol. The summed E-state index contributed by atoms with van der Waals surface area (Å²) in [6.45, 7) is 6.87. The van der Waals surface area contributed by atoms with Gasteiger partial charge in [-0.2, -0.15) is 0 Å². The summed E-state index contributed by atoms with van der Waals surface area (Å²) in [6, 6.07) is 12.9. The van der Waals surface area contributed by atoms with Gasteiger partial charge in [0, 0.05) is 18.8 Å². The Bertz CT molecular complexity index is 707. The van der Waals surface area contributed by atoms with E-state index in [1.165, 1.54) is 44.1 Å². The molecule has 2 rings (SSSR count). The predicted octanol–water partition coefficient (Wildman–Crippen LogP) is 7.79. The van der Waals surface area contributed by atoms with Gasteiger partial charge < -0.3 is 9.47 Å². The summed E-state index contributed by atoms with van der Waals surface area (Å²) < 4.78 is 11.3. The standard InChI is InChI=1S/C28H41NO2/c1-3-5-6-7-8-9-13-23-31-27-19-20-28(29-24-27)26-17-15-25(16-18-26)14-11-10-12-22-30-21-4-2/h8-9,15-20,24H,3-7,10-14,21-23H2,1-2H3/b9-8-. The predicted molar refractivity (Wildman–Crippen MR) is 132 cm³/mol. The van der Waals surface area contributed by atoms with Crippen molar-refractivity contribution in [1.82, 2.24) is 4.98 Å². The fourth-order valence-electron chi connectivity index (χ4n) is 3.43. The van der Waals surface area contributed by atoms with Crippen molar-refractivity contribution >= 4 is 0 Å². The molecule has 3 heteroatoms. The molecule has 3 nitrogen and oxygen atoms in total. The molecular weight excluding hydrogens is 382 g/mol. The maximum Gasteiger partial charge on any atom is 0.137 e. The molecule has 0 aliphatic heterocycles. The van der Waals surface area contributed by atoms with Gasteiger partial charge in [0.15, 0.2) is 0 Å². The summed E-state index contributed by atoms with van der Waals surface area (Å²) in [5.41, 5.74) is 3.53. The number of pyridine rings is 1. The second kappa shape index (κ2) is 16.5. The third kappa shape index (κ3) is 11.2. The van der Waals surface area contributed by atoms with Gasteiger partial charge in [0.2, 0.25) is 0 Å². The molecule has 0 bridgehead atoms. The quantitative estimate of drug-likeness (QED) is 0.192. The van der Waals surface area contributed by atoms with Crippen LogP contribution < -0.4 is 4.74 Å². The Balaban J connectivity index is 1.66. The number of hydrogen-bond donors (Lipinski definition) is 0. The van der Waals surface area contributed by atoms with Crippen molar-refractivity contribution in [3.63, 3.8) is 0 Å². The van der Waals surface area contributed by atoms with Crippen LogP contribution in [0.25, 0.3) is 11.3 Å². The van der Waals surface area contributed by atoms with Gasteiger partial charge in [0.25, 0.3) is 0 Å². The fourth-order valence-corrected chi connectivity index (χ4v) is 3.43. The number of aryl methyl sites for hydroxylation is 1. The van der Waals surface area contributed by atoms with Crippen molar-refractivity contribution in [1.29, 1.82) is 0 Å². The molecule has 1 heterocycles. The van der Waals surface area contributed by atoms with Gasteiger partial charge in [-0.25, -0.2) is 0 Å². The first-order valence-electron chi connectivity index (χ1n) is 12.2. The van der Waals surface area contributed by atoms with Crippen LogP contribution in [0.3, 0.4) is 0 Å². The van der Waals surface area contributed by atoms with Gasteiger partial charge in [-0.1, -0.05) is 69.5 Å². The van der Waals surface area contributed by atoms with Gasteiger partial charge >= 0.3 is 0 Å². The van der Waals surface area contributed by atoms with Crippen LogP contribution in [0, 0.1) is 0 Å². The lowest BCUT2D eigenvalue weighted by Crippen LogP contribution is -1.96. The average Bonchev–Trinajstić information content (AvgIpc) is 2.81. The van der Waals surface area contributed by atoms with E-state index in [2.05, 4.69) is 55.2 Å². The highest BCUT2D eigenvalue weighted by molar-refractivity contribution is 5.59. The number of aromatic nitrogens is 1. The number of unbranched alkanes of at least 4 members (excludes halogenated alkanes) is 5. The summed E-state index contributed by atoms with van der Waals surface area (Å²) >= 11 is 0. The minimum Gasteiger partial charge on any atom is -0.492 e. The molecular formula is C28H41NO2. The minimum absolute atomic E-state index is 0.699. The molecule has 0 atom stereocenters. The SMILES string of the molecule is CCCCC/C=C\CCOc1ccc(-c2ccc(CCCCCOCCC)cc2)nc1. The summed E-state index contributed by atoms with van der Waals surface area (Å²) in [6.07, 6.45) is 18.2. The zero-order valence-corrected chi connectivity index (χ0v) is 19.7. The highest BCUT2D eigenvalue weighted by atomic mass is 16.5. The Morgan fingerprint density at radius 3 is 2.32 bits per heavy atom. The molecule has 170 valence electrons. The van der Waals surface area contributed by atoms with Crippen molar-refractivity contribution in [2.24, 2.45) is 0 Å². The van der Waals surface area contributed by atoms with Gasteiger partial charge in [0.1, 0.15) is 5.75 Å². The molecule has 1 aromatic carbocycles. The van der Waals surface area contributed by atoms with Crippen molar-refractivity contribution in [2.75, 3.05) is 19.8 Å². The number of allylic oxidation sites excluding steroid dienone is 1. The zero-order chi connectivity index (χ0) is 22.0.